The molecule has 1 aromatic heterocycles. The number of hydrogen-bond acceptors (Lipinski definition) is 2. The Bertz CT molecular complexity index is 705. The van der Waals surface area contributed by atoms with Gasteiger partial charge in [0.2, 0.25) is 0 Å². The van der Waals surface area contributed by atoms with Crippen molar-refractivity contribution in [3.63, 3.8) is 0 Å². The number of aromatic amines is 1. The fourth-order valence-corrected chi connectivity index (χ4v) is 5.78. The summed E-state index contributed by atoms with van der Waals surface area (Å²) in [7, 11) is 0. The predicted octanol–water partition coefficient (Wildman–Crippen LogP) is 4.58. The van der Waals surface area contributed by atoms with E-state index in [1.807, 2.05) is 11.8 Å². The molecule has 2 nitrogen and oxygen atoms in total. The number of nitrogens with zero attached hydrogens (tertiary/aromatic N) is 1. The first-order valence-corrected chi connectivity index (χ1v) is 10.4. The number of piperidine rings is 1. The zero-order valence-electron chi connectivity index (χ0n) is 14.6. The average molecular weight is 329 g/mol. The second kappa shape index (κ2) is 6.18. The van der Waals surface area contributed by atoms with Gasteiger partial charge in [-0.1, -0.05) is 19.1 Å². The Morgan fingerprint density at radius 1 is 1.35 bits per heavy atom. The van der Waals surface area contributed by atoms with E-state index >= 15 is 0 Å². The molecule has 0 radical (unpaired) electrons. The molecular weight excluding hydrogens is 300 g/mol. The summed E-state index contributed by atoms with van der Waals surface area (Å²) >= 11 is 2.02. The minimum Gasteiger partial charge on any atom is -0.358 e. The van der Waals surface area contributed by atoms with Crippen LogP contribution in [0.5, 0.6) is 0 Å². The third-order valence-corrected chi connectivity index (χ3v) is 6.72. The van der Waals surface area contributed by atoms with E-state index in [0.29, 0.717) is 6.04 Å². The first kappa shape index (κ1) is 15.6. The SMILES string of the molecule is CCCN1C[C@H](CSC)C[C@@H]2c3cccc4[nH]c(C)c(c34)C[C@H]21. The van der Waals surface area contributed by atoms with Crippen molar-refractivity contribution in [2.75, 3.05) is 25.1 Å². The number of fused-ring (bicyclic) bond motifs is 2. The highest BCUT2D eigenvalue weighted by molar-refractivity contribution is 7.98. The third-order valence-electron chi connectivity index (χ3n) is 5.91. The summed E-state index contributed by atoms with van der Waals surface area (Å²) in [6.07, 6.45) is 6.12. The normalized spacial score (nSPS) is 27.3. The minimum absolute atomic E-state index is 0.709. The van der Waals surface area contributed by atoms with E-state index < -0.39 is 0 Å². The molecule has 0 amide bonds. The minimum atomic E-state index is 0.709. The number of rotatable bonds is 4. The zero-order valence-corrected chi connectivity index (χ0v) is 15.4. The van der Waals surface area contributed by atoms with Gasteiger partial charge in [0.05, 0.1) is 0 Å². The van der Waals surface area contributed by atoms with Crippen LogP contribution in [-0.2, 0) is 6.42 Å². The molecular formula is C20H28N2S. The zero-order chi connectivity index (χ0) is 16.0. The Labute approximate surface area is 144 Å². The maximum atomic E-state index is 3.63. The fraction of sp³-hybridized carbons (Fsp3) is 0.600. The Morgan fingerprint density at radius 2 is 2.22 bits per heavy atom. The Morgan fingerprint density at radius 3 is 3.00 bits per heavy atom. The average Bonchev–Trinajstić information content (AvgIpc) is 2.86. The van der Waals surface area contributed by atoms with Gasteiger partial charge < -0.3 is 4.98 Å². The van der Waals surface area contributed by atoms with Crippen LogP contribution in [0.4, 0.5) is 0 Å². The summed E-state index contributed by atoms with van der Waals surface area (Å²) in [5.41, 5.74) is 5.93. The van der Waals surface area contributed by atoms with Crippen molar-refractivity contribution in [3.8, 4) is 0 Å². The lowest BCUT2D eigenvalue weighted by molar-refractivity contribution is 0.0925. The van der Waals surface area contributed by atoms with Gasteiger partial charge in [0.1, 0.15) is 0 Å². The van der Waals surface area contributed by atoms with Crippen molar-refractivity contribution < 1.29 is 0 Å². The fourth-order valence-electron chi connectivity index (χ4n) is 5.07. The molecule has 3 atom stereocenters. The number of likely N-dealkylation sites (tertiary alicyclic amines) is 1. The van der Waals surface area contributed by atoms with Crippen LogP contribution in [0.2, 0.25) is 0 Å². The van der Waals surface area contributed by atoms with Crippen molar-refractivity contribution in [2.45, 2.75) is 45.1 Å². The second-order valence-electron chi connectivity index (χ2n) is 7.43. The summed E-state index contributed by atoms with van der Waals surface area (Å²) in [5.74, 6) is 2.87. The quantitative estimate of drug-likeness (QED) is 0.886. The molecule has 0 spiro atoms. The van der Waals surface area contributed by atoms with Crippen LogP contribution in [0.1, 0.15) is 42.5 Å². The lowest BCUT2D eigenvalue weighted by Crippen LogP contribution is -2.50. The number of hydrogen-bond donors (Lipinski definition) is 1. The van der Waals surface area contributed by atoms with Crippen LogP contribution in [0.15, 0.2) is 18.2 Å². The summed E-state index contributed by atoms with van der Waals surface area (Å²) in [5, 5.41) is 1.55. The molecule has 1 saturated heterocycles. The van der Waals surface area contributed by atoms with Gasteiger partial charge in [0.15, 0.2) is 0 Å². The molecule has 2 aliphatic rings. The van der Waals surface area contributed by atoms with E-state index in [9.17, 15) is 0 Å². The predicted molar refractivity (Wildman–Crippen MR) is 102 cm³/mol. The molecule has 1 aromatic carbocycles. The Balaban J connectivity index is 1.79. The van der Waals surface area contributed by atoms with Crippen molar-refractivity contribution in [2.24, 2.45) is 5.92 Å². The van der Waals surface area contributed by atoms with Gasteiger partial charge in [-0.2, -0.15) is 11.8 Å². The number of aryl methyl sites for hydroxylation is 1. The van der Waals surface area contributed by atoms with Gasteiger partial charge in [0, 0.05) is 35.1 Å². The summed E-state index contributed by atoms with van der Waals surface area (Å²) in [4.78, 5) is 6.44. The van der Waals surface area contributed by atoms with Gasteiger partial charge in [-0.25, -0.2) is 0 Å². The third kappa shape index (κ3) is 2.53. The molecule has 0 unspecified atom stereocenters. The maximum Gasteiger partial charge on any atom is 0.0461 e. The highest BCUT2D eigenvalue weighted by Gasteiger charge is 2.40. The number of nitrogens with one attached hydrogen (secondary N) is 1. The molecule has 124 valence electrons. The molecule has 4 rings (SSSR count). The van der Waals surface area contributed by atoms with Crippen molar-refractivity contribution in [1.29, 1.82) is 0 Å². The summed E-state index contributed by atoms with van der Waals surface area (Å²) in [6.45, 7) is 7.12. The van der Waals surface area contributed by atoms with E-state index in [4.69, 9.17) is 0 Å². The number of aromatic nitrogens is 1. The van der Waals surface area contributed by atoms with Crippen molar-refractivity contribution >= 4 is 22.7 Å². The van der Waals surface area contributed by atoms with Crippen LogP contribution in [-0.4, -0.2) is 41.0 Å². The van der Waals surface area contributed by atoms with E-state index in [2.05, 4.69) is 48.2 Å². The van der Waals surface area contributed by atoms with E-state index in [0.717, 1.165) is 11.8 Å². The lowest BCUT2D eigenvalue weighted by Gasteiger charge is -2.47. The maximum absolute atomic E-state index is 3.63. The van der Waals surface area contributed by atoms with E-state index in [-0.39, 0.29) is 0 Å². The molecule has 0 saturated carbocycles. The molecule has 0 bridgehead atoms. The first-order chi connectivity index (χ1) is 11.2. The van der Waals surface area contributed by atoms with Crippen molar-refractivity contribution in [3.05, 3.63) is 35.0 Å². The van der Waals surface area contributed by atoms with Gasteiger partial charge in [0.25, 0.3) is 0 Å². The molecule has 3 heteroatoms. The number of H-pyrrole nitrogens is 1. The topological polar surface area (TPSA) is 19.0 Å². The monoisotopic (exact) mass is 328 g/mol. The smallest absolute Gasteiger partial charge is 0.0461 e. The largest absolute Gasteiger partial charge is 0.358 e. The summed E-state index contributed by atoms with van der Waals surface area (Å²) in [6, 6.07) is 7.62. The van der Waals surface area contributed by atoms with Crippen LogP contribution < -0.4 is 0 Å². The van der Waals surface area contributed by atoms with Gasteiger partial charge in [-0.05, 0) is 67.9 Å². The molecule has 1 fully saturated rings. The molecule has 2 heterocycles. The second-order valence-corrected chi connectivity index (χ2v) is 8.34. The van der Waals surface area contributed by atoms with E-state index in [1.54, 1.807) is 16.5 Å². The van der Waals surface area contributed by atoms with Crippen LogP contribution in [0.25, 0.3) is 10.9 Å². The lowest BCUT2D eigenvalue weighted by atomic mass is 9.72. The number of benzene rings is 1. The molecule has 2 aromatic rings. The molecule has 1 aliphatic carbocycles. The Kier molecular flexibility index (Phi) is 4.19. The molecule has 1 N–H and O–H groups in total. The summed E-state index contributed by atoms with van der Waals surface area (Å²) < 4.78 is 0. The number of thioether (sulfide) groups is 1. The molecule has 1 aliphatic heterocycles. The van der Waals surface area contributed by atoms with Gasteiger partial charge in [-0.3, -0.25) is 4.90 Å². The van der Waals surface area contributed by atoms with E-state index in [1.165, 1.54) is 49.3 Å². The highest BCUT2D eigenvalue weighted by atomic mass is 32.2. The highest BCUT2D eigenvalue weighted by Crippen LogP contribution is 2.46. The van der Waals surface area contributed by atoms with Gasteiger partial charge in [-0.15, -0.1) is 0 Å². The van der Waals surface area contributed by atoms with Gasteiger partial charge >= 0.3 is 0 Å². The van der Waals surface area contributed by atoms with Crippen LogP contribution >= 0.6 is 11.8 Å². The van der Waals surface area contributed by atoms with Crippen molar-refractivity contribution in [1.82, 2.24) is 9.88 Å². The standard InChI is InChI=1S/C20H28N2S/c1-4-8-22-11-14(12-23-3)9-17-15-6-5-7-18-20(15)16(10-19(17)22)13(2)21-18/h5-7,14,17,19,21H,4,8-12H2,1-3H3/t14-,17-,19-/m1/s1. The first-order valence-electron chi connectivity index (χ1n) is 9.06. The van der Waals surface area contributed by atoms with Crippen LogP contribution in [0, 0.1) is 12.8 Å². The van der Waals surface area contributed by atoms with Crippen LogP contribution in [0.3, 0.4) is 0 Å². The Hall–Kier alpha value is -0.930. The molecule has 23 heavy (non-hydrogen) atoms.